The lowest BCUT2D eigenvalue weighted by molar-refractivity contribution is 0.0953. The first-order chi connectivity index (χ1) is 6.84. The minimum absolute atomic E-state index is 0.143. The maximum absolute atomic E-state index is 11.4. The first kappa shape index (κ1) is 10.2. The second kappa shape index (κ2) is 5.70. The maximum atomic E-state index is 11.4. The summed E-state index contributed by atoms with van der Waals surface area (Å²) < 4.78 is 0. The molecule has 1 aromatic heterocycles. The van der Waals surface area contributed by atoms with Gasteiger partial charge < -0.3 is 5.32 Å². The topological polar surface area (TPSA) is 65.8 Å². The molecule has 0 unspecified atom stereocenters. The molecule has 0 aliphatic rings. The van der Waals surface area contributed by atoms with Crippen LogP contribution in [0.25, 0.3) is 0 Å². The molecule has 1 N–H and O–H groups in total. The van der Waals surface area contributed by atoms with Crippen molar-refractivity contribution in [2.75, 3.05) is 6.54 Å². The van der Waals surface area contributed by atoms with Crippen LogP contribution in [0, 0.1) is 11.3 Å². The van der Waals surface area contributed by atoms with Gasteiger partial charge in [0, 0.05) is 25.4 Å². The monoisotopic (exact) mass is 189 g/mol. The lowest BCUT2D eigenvalue weighted by Crippen LogP contribution is -2.24. The minimum Gasteiger partial charge on any atom is -0.352 e. The van der Waals surface area contributed by atoms with Crippen molar-refractivity contribution in [2.24, 2.45) is 0 Å². The van der Waals surface area contributed by atoms with Gasteiger partial charge in [-0.25, -0.2) is 0 Å². The molecule has 1 heterocycles. The number of pyridine rings is 1. The van der Waals surface area contributed by atoms with Gasteiger partial charge in [-0.05, 0) is 18.6 Å². The highest BCUT2D eigenvalue weighted by Crippen LogP contribution is 1.95. The number of nitrogens with zero attached hydrogens (tertiary/aromatic N) is 2. The molecule has 0 aromatic carbocycles. The van der Waals surface area contributed by atoms with Gasteiger partial charge in [-0.1, -0.05) is 0 Å². The summed E-state index contributed by atoms with van der Waals surface area (Å²) in [7, 11) is 0. The summed E-state index contributed by atoms with van der Waals surface area (Å²) in [6.07, 6.45) is 4.28. The van der Waals surface area contributed by atoms with Crippen LogP contribution in [0.3, 0.4) is 0 Å². The predicted molar refractivity (Wildman–Crippen MR) is 51.4 cm³/mol. The Morgan fingerprint density at radius 2 is 2.50 bits per heavy atom. The first-order valence-electron chi connectivity index (χ1n) is 4.40. The highest BCUT2D eigenvalue weighted by molar-refractivity contribution is 5.93. The molecule has 0 spiro atoms. The molecule has 14 heavy (non-hydrogen) atoms. The van der Waals surface area contributed by atoms with Crippen molar-refractivity contribution < 1.29 is 4.79 Å². The lowest BCUT2D eigenvalue weighted by Gasteiger charge is -2.02. The van der Waals surface area contributed by atoms with Gasteiger partial charge in [0.1, 0.15) is 0 Å². The van der Waals surface area contributed by atoms with Crippen molar-refractivity contribution in [1.29, 1.82) is 5.26 Å². The maximum Gasteiger partial charge on any atom is 0.252 e. The van der Waals surface area contributed by atoms with E-state index in [1.54, 1.807) is 18.3 Å². The number of carbonyl (C=O) groups excluding carboxylic acids is 1. The zero-order valence-electron chi connectivity index (χ0n) is 7.73. The molecule has 0 radical (unpaired) electrons. The number of hydrogen-bond donors (Lipinski definition) is 1. The Morgan fingerprint density at radius 3 is 3.14 bits per heavy atom. The Kier molecular flexibility index (Phi) is 4.15. The third kappa shape index (κ3) is 3.23. The predicted octanol–water partition coefficient (Wildman–Crippen LogP) is 1.12. The SMILES string of the molecule is N#CCCCNC(=O)c1cccnc1. The molecular formula is C10H11N3O. The molecule has 1 rings (SSSR count). The summed E-state index contributed by atoms with van der Waals surface area (Å²) in [4.78, 5) is 15.2. The van der Waals surface area contributed by atoms with Crippen molar-refractivity contribution in [2.45, 2.75) is 12.8 Å². The van der Waals surface area contributed by atoms with Crippen molar-refractivity contribution in [1.82, 2.24) is 10.3 Å². The second-order valence-electron chi connectivity index (χ2n) is 2.76. The van der Waals surface area contributed by atoms with Gasteiger partial charge in [0.2, 0.25) is 0 Å². The van der Waals surface area contributed by atoms with Crippen LogP contribution in [0.2, 0.25) is 0 Å². The number of rotatable bonds is 4. The van der Waals surface area contributed by atoms with Gasteiger partial charge in [0.15, 0.2) is 0 Å². The van der Waals surface area contributed by atoms with Crippen molar-refractivity contribution in [3.05, 3.63) is 30.1 Å². The third-order valence-electron chi connectivity index (χ3n) is 1.67. The largest absolute Gasteiger partial charge is 0.352 e. The fourth-order valence-corrected chi connectivity index (χ4v) is 0.969. The van der Waals surface area contributed by atoms with Crippen molar-refractivity contribution in [3.63, 3.8) is 0 Å². The number of nitrogens with one attached hydrogen (secondary N) is 1. The minimum atomic E-state index is -0.143. The van der Waals surface area contributed by atoms with Crippen LogP contribution in [-0.2, 0) is 0 Å². The number of amides is 1. The standard InChI is InChI=1S/C10H11N3O/c11-5-1-2-7-13-10(14)9-4-3-6-12-8-9/h3-4,6,8H,1-2,7H2,(H,13,14). The molecular weight excluding hydrogens is 178 g/mol. The highest BCUT2D eigenvalue weighted by atomic mass is 16.1. The van der Waals surface area contributed by atoms with E-state index < -0.39 is 0 Å². The van der Waals surface area contributed by atoms with E-state index in [9.17, 15) is 4.79 Å². The van der Waals surface area contributed by atoms with E-state index in [0.717, 1.165) is 0 Å². The summed E-state index contributed by atoms with van der Waals surface area (Å²) >= 11 is 0. The number of hydrogen-bond acceptors (Lipinski definition) is 3. The fourth-order valence-electron chi connectivity index (χ4n) is 0.969. The summed E-state index contributed by atoms with van der Waals surface area (Å²) in [5.74, 6) is -0.143. The van der Waals surface area contributed by atoms with Crippen molar-refractivity contribution >= 4 is 5.91 Å². The summed E-state index contributed by atoms with van der Waals surface area (Å²) in [5.41, 5.74) is 0.546. The molecule has 0 saturated carbocycles. The number of carbonyl (C=O) groups is 1. The van der Waals surface area contributed by atoms with Gasteiger partial charge >= 0.3 is 0 Å². The number of aromatic nitrogens is 1. The number of unbranched alkanes of at least 4 members (excludes halogenated alkanes) is 1. The zero-order valence-corrected chi connectivity index (χ0v) is 7.73. The fraction of sp³-hybridized carbons (Fsp3) is 0.300. The van der Waals surface area contributed by atoms with Crippen LogP contribution in [-0.4, -0.2) is 17.4 Å². The van der Waals surface area contributed by atoms with Gasteiger partial charge in [0.25, 0.3) is 5.91 Å². The average molecular weight is 189 g/mol. The molecule has 72 valence electrons. The quantitative estimate of drug-likeness (QED) is 0.721. The summed E-state index contributed by atoms with van der Waals surface area (Å²) in [5, 5.41) is 11.0. The zero-order chi connectivity index (χ0) is 10.2. The molecule has 0 aliphatic heterocycles. The normalized spacial score (nSPS) is 9.07. The van der Waals surface area contributed by atoms with Gasteiger partial charge in [-0.2, -0.15) is 5.26 Å². The molecule has 1 amide bonds. The van der Waals surface area contributed by atoms with E-state index in [1.807, 2.05) is 6.07 Å². The molecule has 0 aliphatic carbocycles. The van der Waals surface area contributed by atoms with E-state index in [2.05, 4.69) is 10.3 Å². The third-order valence-corrected chi connectivity index (χ3v) is 1.67. The van der Waals surface area contributed by atoms with Gasteiger partial charge in [-0.3, -0.25) is 9.78 Å². The van der Waals surface area contributed by atoms with Gasteiger partial charge in [0.05, 0.1) is 11.6 Å². The molecule has 0 saturated heterocycles. The van der Waals surface area contributed by atoms with E-state index in [-0.39, 0.29) is 5.91 Å². The van der Waals surface area contributed by atoms with E-state index >= 15 is 0 Å². The van der Waals surface area contributed by atoms with Crippen LogP contribution < -0.4 is 5.32 Å². The van der Waals surface area contributed by atoms with Crippen LogP contribution >= 0.6 is 0 Å². The van der Waals surface area contributed by atoms with Crippen LogP contribution in [0.5, 0.6) is 0 Å². The Bertz CT molecular complexity index is 329. The van der Waals surface area contributed by atoms with E-state index in [4.69, 9.17) is 5.26 Å². The Labute approximate surface area is 82.6 Å². The molecule has 0 atom stereocenters. The molecule has 1 aromatic rings. The van der Waals surface area contributed by atoms with Crippen LogP contribution in [0.15, 0.2) is 24.5 Å². The smallest absolute Gasteiger partial charge is 0.252 e. The Hall–Kier alpha value is -1.89. The summed E-state index contributed by atoms with van der Waals surface area (Å²) in [6, 6.07) is 5.43. The lowest BCUT2D eigenvalue weighted by atomic mass is 10.2. The van der Waals surface area contributed by atoms with E-state index in [1.165, 1.54) is 6.20 Å². The highest BCUT2D eigenvalue weighted by Gasteiger charge is 2.02. The average Bonchev–Trinajstić information content (AvgIpc) is 2.25. The summed E-state index contributed by atoms with van der Waals surface area (Å²) in [6.45, 7) is 0.529. The molecule has 0 bridgehead atoms. The Balaban J connectivity index is 2.33. The van der Waals surface area contributed by atoms with Crippen LogP contribution in [0.1, 0.15) is 23.2 Å². The Morgan fingerprint density at radius 1 is 1.64 bits per heavy atom. The molecule has 4 heteroatoms. The van der Waals surface area contributed by atoms with Crippen LogP contribution in [0.4, 0.5) is 0 Å². The number of nitriles is 1. The molecule has 4 nitrogen and oxygen atoms in total. The van der Waals surface area contributed by atoms with Gasteiger partial charge in [-0.15, -0.1) is 0 Å². The second-order valence-corrected chi connectivity index (χ2v) is 2.76. The molecule has 0 fully saturated rings. The van der Waals surface area contributed by atoms with E-state index in [0.29, 0.717) is 24.9 Å². The first-order valence-corrected chi connectivity index (χ1v) is 4.40. The van der Waals surface area contributed by atoms with Crippen molar-refractivity contribution in [3.8, 4) is 6.07 Å².